The Labute approximate surface area is 124 Å². The van der Waals surface area contributed by atoms with Crippen LogP contribution in [0.1, 0.15) is 10.6 Å². The van der Waals surface area contributed by atoms with Crippen molar-refractivity contribution < 1.29 is 0 Å². The van der Waals surface area contributed by atoms with Crippen molar-refractivity contribution in [1.82, 2.24) is 4.98 Å². The molecule has 19 heavy (non-hydrogen) atoms. The minimum atomic E-state index is 0.572. The van der Waals surface area contributed by atoms with Crippen molar-refractivity contribution in [2.75, 3.05) is 5.73 Å². The predicted molar refractivity (Wildman–Crippen MR) is 83.3 cm³/mol. The summed E-state index contributed by atoms with van der Waals surface area (Å²) in [6, 6.07) is 11.4. The molecule has 0 fully saturated rings. The molecule has 0 amide bonds. The second kappa shape index (κ2) is 5.00. The zero-order chi connectivity index (χ0) is 13.4. The quantitative estimate of drug-likeness (QED) is 0.692. The Bertz CT molecular complexity index is 752. The molecule has 0 unspecified atom stereocenters. The normalized spacial score (nSPS) is 11.1. The van der Waals surface area contributed by atoms with Crippen LogP contribution >= 0.6 is 34.5 Å². The van der Waals surface area contributed by atoms with Crippen LogP contribution in [0.25, 0.3) is 10.2 Å². The van der Waals surface area contributed by atoms with Crippen LogP contribution in [-0.4, -0.2) is 4.98 Å². The number of thiazole rings is 1. The first-order valence-electron chi connectivity index (χ1n) is 5.71. The molecule has 1 heterocycles. The van der Waals surface area contributed by atoms with Gasteiger partial charge in [-0.05, 0) is 35.9 Å². The number of benzene rings is 2. The Kier molecular flexibility index (Phi) is 3.35. The van der Waals surface area contributed by atoms with Crippen LogP contribution in [0.5, 0.6) is 0 Å². The maximum Gasteiger partial charge on any atom is 0.0982 e. The van der Waals surface area contributed by atoms with Crippen LogP contribution in [0, 0.1) is 0 Å². The van der Waals surface area contributed by atoms with Crippen molar-refractivity contribution in [1.29, 1.82) is 0 Å². The lowest BCUT2D eigenvalue weighted by atomic mass is 10.2. The summed E-state index contributed by atoms with van der Waals surface area (Å²) in [6.07, 6.45) is 0.746. The van der Waals surface area contributed by atoms with Crippen molar-refractivity contribution in [2.45, 2.75) is 6.42 Å². The molecule has 0 spiro atoms. The summed E-state index contributed by atoms with van der Waals surface area (Å²) in [5, 5.41) is 2.19. The van der Waals surface area contributed by atoms with Gasteiger partial charge in [0.05, 0.1) is 25.3 Å². The minimum absolute atomic E-state index is 0.572. The van der Waals surface area contributed by atoms with E-state index in [-0.39, 0.29) is 0 Å². The number of halogens is 2. The summed E-state index contributed by atoms with van der Waals surface area (Å²) >= 11 is 13.6. The van der Waals surface area contributed by atoms with Gasteiger partial charge in [0.1, 0.15) is 0 Å². The topological polar surface area (TPSA) is 38.9 Å². The number of nitrogens with two attached hydrogens (primary N) is 1. The maximum absolute atomic E-state index is 6.01. The monoisotopic (exact) mass is 308 g/mol. The predicted octanol–water partition coefficient (Wildman–Crippen LogP) is 4.78. The standard InChI is InChI=1S/C14H10Cl2N2S/c15-10-3-1-8(5-11(10)16)6-14-18-12-4-2-9(17)7-13(12)19-14/h1-5,7H,6,17H2. The second-order valence-corrected chi connectivity index (χ2v) is 6.19. The number of rotatable bonds is 2. The number of aromatic nitrogens is 1. The first-order valence-corrected chi connectivity index (χ1v) is 7.28. The average Bonchev–Trinajstić information content (AvgIpc) is 2.75. The zero-order valence-electron chi connectivity index (χ0n) is 9.86. The Hall–Kier alpha value is -1.29. The number of hydrogen-bond acceptors (Lipinski definition) is 3. The first-order chi connectivity index (χ1) is 9.11. The molecule has 2 nitrogen and oxygen atoms in total. The van der Waals surface area contributed by atoms with Gasteiger partial charge in [-0.2, -0.15) is 0 Å². The van der Waals surface area contributed by atoms with Crippen LogP contribution in [-0.2, 0) is 6.42 Å². The second-order valence-electron chi connectivity index (χ2n) is 4.26. The van der Waals surface area contributed by atoms with Crippen molar-refractivity contribution >= 4 is 50.4 Å². The van der Waals surface area contributed by atoms with Crippen LogP contribution in [0.2, 0.25) is 10.0 Å². The molecule has 3 aromatic rings. The molecule has 0 saturated heterocycles. The van der Waals surface area contributed by atoms with E-state index in [9.17, 15) is 0 Å². The highest BCUT2D eigenvalue weighted by molar-refractivity contribution is 7.18. The van der Waals surface area contributed by atoms with Crippen molar-refractivity contribution in [3.8, 4) is 0 Å². The van der Waals surface area contributed by atoms with Crippen molar-refractivity contribution in [3.63, 3.8) is 0 Å². The Morgan fingerprint density at radius 1 is 1.05 bits per heavy atom. The molecule has 0 aliphatic heterocycles. The average molecular weight is 309 g/mol. The molecule has 0 bridgehead atoms. The van der Waals surface area contributed by atoms with Gasteiger partial charge in [0.2, 0.25) is 0 Å². The van der Waals surface area contributed by atoms with E-state index in [2.05, 4.69) is 4.98 Å². The van der Waals surface area contributed by atoms with E-state index in [1.165, 1.54) is 0 Å². The van der Waals surface area contributed by atoms with Gasteiger partial charge in [-0.25, -0.2) is 4.98 Å². The van der Waals surface area contributed by atoms with Gasteiger partial charge in [-0.1, -0.05) is 29.3 Å². The van der Waals surface area contributed by atoms with Crippen LogP contribution < -0.4 is 5.73 Å². The number of fused-ring (bicyclic) bond motifs is 1. The number of hydrogen-bond donors (Lipinski definition) is 1. The molecule has 2 N–H and O–H groups in total. The Balaban J connectivity index is 1.94. The fourth-order valence-electron chi connectivity index (χ4n) is 1.89. The molecule has 0 aliphatic carbocycles. The summed E-state index contributed by atoms with van der Waals surface area (Å²) < 4.78 is 1.11. The lowest BCUT2D eigenvalue weighted by Gasteiger charge is -2.00. The van der Waals surface area contributed by atoms with Crippen molar-refractivity contribution in [2.24, 2.45) is 0 Å². The van der Waals surface area contributed by atoms with E-state index in [1.54, 1.807) is 11.3 Å². The van der Waals surface area contributed by atoms with Crippen LogP contribution in [0.3, 0.4) is 0 Å². The lowest BCUT2D eigenvalue weighted by molar-refractivity contribution is 1.16. The first kappa shape index (κ1) is 12.7. The fraction of sp³-hybridized carbons (Fsp3) is 0.0714. The van der Waals surface area contributed by atoms with Crippen molar-refractivity contribution in [3.05, 3.63) is 57.0 Å². The third kappa shape index (κ3) is 2.68. The van der Waals surface area contributed by atoms with Crippen LogP contribution in [0.4, 0.5) is 5.69 Å². The SMILES string of the molecule is Nc1ccc2nc(Cc3ccc(Cl)c(Cl)c3)sc2c1. The van der Waals surface area contributed by atoms with E-state index in [4.69, 9.17) is 28.9 Å². The van der Waals surface area contributed by atoms with E-state index in [0.717, 1.165) is 32.9 Å². The largest absolute Gasteiger partial charge is 0.399 e. The van der Waals surface area contributed by atoms with E-state index >= 15 is 0 Å². The van der Waals surface area contributed by atoms with Gasteiger partial charge in [0.25, 0.3) is 0 Å². The molecule has 3 rings (SSSR count). The van der Waals surface area contributed by atoms with Crippen LogP contribution in [0.15, 0.2) is 36.4 Å². The number of anilines is 1. The highest BCUT2D eigenvalue weighted by Gasteiger charge is 2.06. The molecule has 0 radical (unpaired) electrons. The third-order valence-corrected chi connectivity index (χ3v) is 4.55. The summed E-state index contributed by atoms with van der Waals surface area (Å²) in [5.74, 6) is 0. The number of nitrogens with zero attached hydrogens (tertiary/aromatic N) is 1. The minimum Gasteiger partial charge on any atom is -0.399 e. The molecule has 2 aromatic carbocycles. The van der Waals surface area contributed by atoms with Gasteiger partial charge in [-0.15, -0.1) is 11.3 Å². The molecule has 0 aliphatic rings. The van der Waals surface area contributed by atoms with E-state index in [0.29, 0.717) is 10.0 Å². The Morgan fingerprint density at radius 3 is 2.68 bits per heavy atom. The molecular weight excluding hydrogens is 299 g/mol. The molecule has 1 aromatic heterocycles. The molecule has 0 atom stereocenters. The summed E-state index contributed by atoms with van der Waals surface area (Å²) in [6.45, 7) is 0. The maximum atomic E-state index is 6.01. The summed E-state index contributed by atoms with van der Waals surface area (Å²) in [4.78, 5) is 4.59. The van der Waals surface area contributed by atoms with Gasteiger partial charge < -0.3 is 5.73 Å². The highest BCUT2D eigenvalue weighted by atomic mass is 35.5. The zero-order valence-corrected chi connectivity index (χ0v) is 12.2. The Morgan fingerprint density at radius 2 is 1.89 bits per heavy atom. The molecule has 0 saturated carbocycles. The van der Waals surface area contributed by atoms with Gasteiger partial charge in [0.15, 0.2) is 0 Å². The highest BCUT2D eigenvalue weighted by Crippen LogP contribution is 2.28. The summed E-state index contributed by atoms with van der Waals surface area (Å²) in [7, 11) is 0. The number of nitrogen functional groups attached to an aromatic ring is 1. The van der Waals surface area contributed by atoms with E-state index in [1.807, 2.05) is 36.4 Å². The molecule has 5 heteroatoms. The molecule has 96 valence electrons. The third-order valence-electron chi connectivity index (χ3n) is 2.80. The molecular formula is C14H10Cl2N2S. The van der Waals surface area contributed by atoms with Gasteiger partial charge in [0, 0.05) is 12.1 Å². The fourth-order valence-corrected chi connectivity index (χ4v) is 3.26. The van der Waals surface area contributed by atoms with Gasteiger partial charge in [-0.3, -0.25) is 0 Å². The lowest BCUT2D eigenvalue weighted by Crippen LogP contribution is -1.87. The summed E-state index contributed by atoms with van der Waals surface area (Å²) in [5.41, 5.74) is 8.61. The van der Waals surface area contributed by atoms with E-state index < -0.39 is 0 Å². The van der Waals surface area contributed by atoms with Gasteiger partial charge >= 0.3 is 0 Å². The smallest absolute Gasteiger partial charge is 0.0982 e.